The maximum Gasteiger partial charge on any atom is 0.490 e. The smallest absolute Gasteiger partial charge is 0.490 e. The Morgan fingerprint density at radius 3 is 2.27 bits per heavy atom. The van der Waals surface area contributed by atoms with Gasteiger partial charge < -0.3 is 69.5 Å². The Bertz CT molecular complexity index is 5020. The molecule has 37 heteroatoms. The summed E-state index contributed by atoms with van der Waals surface area (Å²) in [5, 5.41) is 26.6. The van der Waals surface area contributed by atoms with Gasteiger partial charge in [-0.05, 0) is 95.7 Å². The number of carbonyl (C=O) groups excluding carboxylic acids is 2. The summed E-state index contributed by atoms with van der Waals surface area (Å²) in [6, 6.07) is 13.2. The van der Waals surface area contributed by atoms with E-state index in [2.05, 4.69) is 35.3 Å². The van der Waals surface area contributed by atoms with Crippen LogP contribution in [-0.4, -0.2) is 122 Å². The number of hydrogen-bond donors (Lipinski definition) is 9. The Kier molecular flexibility index (Phi) is 22.3. The highest BCUT2D eigenvalue weighted by molar-refractivity contribution is 7.86. The van der Waals surface area contributed by atoms with Crippen molar-refractivity contribution in [2.45, 2.75) is 143 Å². The minimum Gasteiger partial charge on any atom is -0.744 e. The zero-order chi connectivity index (χ0) is 75.7. The number of Topliss-reactive ketones (excluding diaryl/α,β-unsaturated/α-hetero) is 1. The van der Waals surface area contributed by atoms with E-state index in [1.54, 1.807) is 54.2 Å². The third kappa shape index (κ3) is 17.3. The Hall–Kier alpha value is -7.45. The number of guanidine groups is 1. The van der Waals surface area contributed by atoms with Crippen LogP contribution in [0.1, 0.15) is 166 Å². The molecule has 1 fully saturated rings. The lowest BCUT2D eigenvalue weighted by molar-refractivity contribution is -0.386. The minimum atomic E-state index is -5.78. The molecule has 1 saturated heterocycles. The molecule has 0 spiro atoms. The molecule has 5 heterocycles. The molecule has 550 valence electrons. The van der Waals surface area contributed by atoms with Gasteiger partial charge in [-0.1, -0.05) is 76.8 Å². The first kappa shape index (κ1) is 78.7. The average molecular weight is 1510 g/mol. The molecule has 11 N–H and O–H groups in total. The SMILES string of the molecule is CC1=CC(C)(C)[N+](C)=c2c1cc1c(c2S(=O)(=O)[O-])Oc2c(cc3c(c2C)CC(C)(C)C=C3CS(=O)(=O)O)C=1c1ccccc1C=O.COc1cc([C@@H](OCc2cn([C@H]3CC(O)[C@@H](COP(=O)(O)OP(=O)(O)OP(=O)(O)O)O3)c3c2C(N)N=C(N)N3)C(C)(C)C)c([N+](=O)[O-])cc1C#CCCC(C)=O. The van der Waals surface area contributed by atoms with E-state index in [1.807, 2.05) is 74.5 Å². The third-order valence-electron chi connectivity index (χ3n) is 17.4. The fourth-order valence-corrected chi connectivity index (χ4v) is 17.6. The van der Waals surface area contributed by atoms with Crippen LogP contribution in [0.3, 0.4) is 0 Å². The van der Waals surface area contributed by atoms with E-state index >= 15 is 0 Å². The Labute approximate surface area is 586 Å². The molecule has 1 aliphatic carbocycles. The summed E-state index contributed by atoms with van der Waals surface area (Å²) in [5.41, 5.74) is 17.0. The number of hydrogen-bond acceptors (Lipinski definition) is 24. The molecule has 4 aliphatic heterocycles. The third-order valence-corrected chi connectivity index (χ3v) is 22.8. The lowest BCUT2D eigenvalue weighted by atomic mass is 9.73. The molecule has 0 radical (unpaired) electrons. The summed E-state index contributed by atoms with van der Waals surface area (Å²) in [4.78, 5) is 76.0. The number of rotatable bonds is 21. The second-order valence-corrected chi connectivity index (χ2v) is 34.5. The molecule has 102 heavy (non-hydrogen) atoms. The number of ether oxygens (including phenoxy) is 4. The number of phosphoric ester groups is 1. The number of likely N-dealkylation sites (N-methyl/N-ethyl adjacent to an activating group) is 1. The zero-order valence-corrected chi connectivity index (χ0v) is 61.6. The van der Waals surface area contributed by atoms with Crippen molar-refractivity contribution in [1.29, 1.82) is 0 Å². The molecule has 4 unspecified atom stereocenters. The molecule has 7 atom stereocenters. The van der Waals surface area contributed by atoms with Crippen LogP contribution in [0.4, 0.5) is 11.5 Å². The van der Waals surface area contributed by atoms with Crippen LogP contribution in [0.5, 0.6) is 17.2 Å². The number of aliphatic hydroxyl groups excluding tert-OH is 1. The highest BCUT2D eigenvalue weighted by atomic mass is 32.2. The van der Waals surface area contributed by atoms with E-state index in [0.717, 1.165) is 11.1 Å². The summed E-state index contributed by atoms with van der Waals surface area (Å²) in [6.45, 7) is 17.2. The molecule has 10 rings (SSSR count). The molecule has 5 aromatic rings. The number of anilines is 1. The van der Waals surface area contributed by atoms with Gasteiger partial charge in [-0.15, -0.1) is 0 Å². The number of nitrogens with zero attached hydrogens (tertiary/aromatic N) is 4. The van der Waals surface area contributed by atoms with Crippen LogP contribution in [0.2, 0.25) is 0 Å². The van der Waals surface area contributed by atoms with Gasteiger partial charge in [-0.2, -0.15) is 17.0 Å². The van der Waals surface area contributed by atoms with Crippen LogP contribution in [0.15, 0.2) is 76.8 Å². The maximum absolute atomic E-state index is 13.3. The monoisotopic (exact) mass is 1510 g/mol. The fourth-order valence-electron chi connectivity index (χ4n) is 13.0. The van der Waals surface area contributed by atoms with Gasteiger partial charge in [0.25, 0.3) is 15.8 Å². The first-order chi connectivity index (χ1) is 47.0. The van der Waals surface area contributed by atoms with Crippen LogP contribution in [-0.2, 0) is 74.4 Å². The summed E-state index contributed by atoms with van der Waals surface area (Å²) in [6.07, 6.45) is 1.23. The highest BCUT2D eigenvalue weighted by Crippen LogP contribution is 2.66. The van der Waals surface area contributed by atoms with Crippen molar-refractivity contribution in [2.24, 2.45) is 27.3 Å². The van der Waals surface area contributed by atoms with Crippen molar-refractivity contribution in [2.75, 3.05) is 31.8 Å². The summed E-state index contributed by atoms with van der Waals surface area (Å²) in [7, 11) is -23.3. The summed E-state index contributed by atoms with van der Waals surface area (Å²) >= 11 is 0. The van der Waals surface area contributed by atoms with E-state index in [9.17, 15) is 74.2 Å². The van der Waals surface area contributed by atoms with Gasteiger partial charge in [0.1, 0.15) is 64.5 Å². The second kappa shape index (κ2) is 28.9. The van der Waals surface area contributed by atoms with Crippen LogP contribution in [0, 0.1) is 39.7 Å². The summed E-state index contributed by atoms with van der Waals surface area (Å²) in [5.74, 6) is 5.68. The van der Waals surface area contributed by atoms with Gasteiger partial charge in [0.2, 0.25) is 5.36 Å². The molecule has 0 amide bonds. The average Bonchev–Trinajstić information content (AvgIpc) is 0.912. The van der Waals surface area contributed by atoms with Crippen molar-refractivity contribution in [3.8, 4) is 29.1 Å². The van der Waals surface area contributed by atoms with Crippen LogP contribution < -0.4 is 41.4 Å². The number of aldehydes is 1. The van der Waals surface area contributed by atoms with E-state index in [-0.39, 0.29) is 77.1 Å². The van der Waals surface area contributed by atoms with Crippen molar-refractivity contribution in [3.63, 3.8) is 0 Å². The topological polar surface area (TPSA) is 490 Å². The van der Waals surface area contributed by atoms with Crippen molar-refractivity contribution in [3.05, 3.63) is 149 Å². The number of ketones is 1. The highest BCUT2D eigenvalue weighted by Gasteiger charge is 2.45. The van der Waals surface area contributed by atoms with Gasteiger partial charge >= 0.3 is 23.5 Å². The zero-order valence-electron chi connectivity index (χ0n) is 57.3. The predicted molar refractivity (Wildman–Crippen MR) is 370 cm³/mol. The molecule has 32 nitrogen and oxygen atoms in total. The number of carbonyl (C=O) groups is 2. The number of aliphatic imine (C=N–C) groups is 1. The number of nitro groups is 1. The number of nitrogens with two attached hydrogens (primary N) is 2. The number of allylic oxidation sites excluding steroid dienone is 2. The fraction of sp³-hybridized carbons (Fsp3) is 0.415. The van der Waals surface area contributed by atoms with Crippen molar-refractivity contribution < 1.29 is 111 Å². The molecule has 4 aromatic carbocycles. The molecule has 1 aromatic heterocycles. The Morgan fingerprint density at radius 2 is 1.67 bits per heavy atom. The number of nitrogens with one attached hydrogen (secondary N) is 1. The van der Waals surface area contributed by atoms with Crippen LogP contribution >= 0.6 is 23.5 Å². The van der Waals surface area contributed by atoms with Gasteiger partial charge in [-0.25, -0.2) is 31.7 Å². The Balaban J connectivity index is 0.000000241. The molecule has 0 saturated carbocycles. The molecule has 0 bridgehead atoms. The largest absolute Gasteiger partial charge is 0.744 e. The van der Waals surface area contributed by atoms with E-state index in [4.69, 9.17) is 40.2 Å². The minimum absolute atomic E-state index is 0.0494. The predicted octanol–water partition coefficient (Wildman–Crippen LogP) is 7.35. The van der Waals surface area contributed by atoms with Gasteiger partial charge in [-0.3, -0.25) is 28.8 Å². The number of benzene rings is 4. The quantitative estimate of drug-likeness (QED) is 0.00646. The number of aliphatic hydroxyl groups is 1. The second-order valence-electron chi connectivity index (χ2n) is 27.3. The van der Waals surface area contributed by atoms with E-state index in [0.29, 0.717) is 79.3 Å². The van der Waals surface area contributed by atoms with Gasteiger partial charge in [0, 0.05) is 78.4 Å². The van der Waals surface area contributed by atoms with Crippen molar-refractivity contribution in [1.82, 2.24) is 9.14 Å². The van der Waals surface area contributed by atoms with E-state index in [1.165, 1.54) is 30.7 Å². The molecule has 5 aliphatic rings. The van der Waals surface area contributed by atoms with Crippen molar-refractivity contribution >= 4 is 90.0 Å². The first-order valence-electron chi connectivity index (χ1n) is 31.3. The maximum atomic E-state index is 13.3. The number of phosphoric acid groups is 3. The number of aromatic nitrogens is 1. The molecular formula is C65H78N7O25P3S2. The lowest BCUT2D eigenvalue weighted by Crippen LogP contribution is -2.49. The first-order valence-corrected chi connectivity index (χ1v) is 38.8. The lowest BCUT2D eigenvalue weighted by Gasteiger charge is -2.34. The van der Waals surface area contributed by atoms with Crippen LogP contribution in [0.25, 0.3) is 16.7 Å². The van der Waals surface area contributed by atoms with E-state index < -0.39 is 113 Å². The number of fused-ring (bicyclic) bond motifs is 5. The van der Waals surface area contributed by atoms with Gasteiger partial charge in [0.05, 0.1) is 54.1 Å². The normalized spacial score (nSPS) is 20.4. The Morgan fingerprint density at radius 1 is 0.990 bits per heavy atom. The number of methoxy groups -OCH3 is 1. The molecular weight excluding hydrogens is 1440 g/mol. The number of nitro benzene ring substituents is 1. The summed E-state index contributed by atoms with van der Waals surface area (Å²) < 4.78 is 149. The van der Waals surface area contributed by atoms with Gasteiger partial charge in [0.15, 0.2) is 28.4 Å². The standard InChI is InChI=1S/C35H35NO8S2.C30H43N6O17P3/c1-19-14-35(5,6)36(7)30-24(19)12-27-29(23-11-9-8-10-21(23)17-37)26-13-25-22(18-45(38,39)40)15-34(3,4)16-28(25)20(2)31(26)44-32(27)33(30)46(41,42)43;1-16(37)8-6-7-9-17-10-20(36(39)40)19(11-22(17)48-5)26(30(2,3)4)49-14-18-13-35(28-25(18)27(31)33-29(32)34-28)24-12-21(38)23(51-24)15-50-55(44,45)53-56(46,47)52-54(41,42)43/h8-15,17H,16,18H2,1-7H3,(H-,38,39,40,41,42,43);10-11,13,21,23-24,26-27,38H,6,8,12,14-15,31H2,1-5H3,(H,44,45)(H,46,47)(H3,32,33,34)(H2,41,42,43)/t;21?,23-,24-,26-,27?/m.1/s1.